The molecule has 0 spiro atoms. The third-order valence-electron chi connectivity index (χ3n) is 6.08. The van der Waals surface area contributed by atoms with Crippen molar-refractivity contribution in [2.45, 2.75) is 32.7 Å². The number of nitrogens with zero attached hydrogens (tertiary/aromatic N) is 2. The monoisotopic (exact) mass is 584 g/mol. The lowest BCUT2D eigenvalue weighted by Gasteiger charge is -2.26. The van der Waals surface area contributed by atoms with Crippen molar-refractivity contribution in [3.05, 3.63) is 83.0 Å². The van der Waals surface area contributed by atoms with Gasteiger partial charge in [-0.05, 0) is 70.7 Å². The molecule has 0 saturated carbocycles. The van der Waals surface area contributed by atoms with Gasteiger partial charge in [0.25, 0.3) is 5.56 Å². The van der Waals surface area contributed by atoms with E-state index in [2.05, 4.69) is 15.9 Å². The van der Waals surface area contributed by atoms with Crippen LogP contribution in [0.3, 0.4) is 0 Å². The SMILES string of the molecule is CCCC1=C(C(=O)OCC)C(c2ccc(OC)c(Br)c2)n2c(s/c(=C\c3ccc4c(c3)OCO4)c2=O)=N1. The van der Waals surface area contributed by atoms with Crippen LogP contribution in [0.1, 0.15) is 43.9 Å². The van der Waals surface area contributed by atoms with Crippen LogP contribution in [0.5, 0.6) is 17.2 Å². The van der Waals surface area contributed by atoms with Crippen molar-refractivity contribution in [3.8, 4) is 17.2 Å². The molecule has 0 radical (unpaired) electrons. The molecule has 1 aromatic heterocycles. The zero-order valence-corrected chi connectivity index (χ0v) is 23.0. The highest BCUT2D eigenvalue weighted by atomic mass is 79.9. The van der Waals surface area contributed by atoms with Crippen LogP contribution in [0.25, 0.3) is 6.08 Å². The predicted octanol–water partition coefficient (Wildman–Crippen LogP) is 4.08. The van der Waals surface area contributed by atoms with E-state index in [4.69, 9.17) is 23.9 Å². The number of aromatic nitrogens is 1. The summed E-state index contributed by atoms with van der Waals surface area (Å²) < 4.78 is 24.5. The molecular weight excluding hydrogens is 560 g/mol. The van der Waals surface area contributed by atoms with Crippen molar-refractivity contribution in [1.82, 2.24) is 4.57 Å². The standard InChI is InChI=1S/C27H25BrN2O6S/c1-4-6-18-23(26(32)34-5-2)24(16-8-10-19(33-3)17(28)13-16)30-25(31)22(37-27(30)29-18)12-15-7-9-20-21(11-15)36-14-35-20/h7-13,24H,4-6,14H2,1-3H3/b22-12-. The number of fused-ring (bicyclic) bond motifs is 2. The van der Waals surface area contributed by atoms with Gasteiger partial charge >= 0.3 is 5.97 Å². The van der Waals surface area contributed by atoms with Crippen molar-refractivity contribution in [2.75, 3.05) is 20.5 Å². The van der Waals surface area contributed by atoms with Crippen molar-refractivity contribution >= 4 is 39.3 Å². The second-order valence-corrected chi connectivity index (χ2v) is 10.3. The van der Waals surface area contributed by atoms with Gasteiger partial charge in [0.05, 0.1) is 40.0 Å². The van der Waals surface area contributed by atoms with Crippen molar-refractivity contribution in [3.63, 3.8) is 0 Å². The number of methoxy groups -OCH3 is 1. The van der Waals surface area contributed by atoms with E-state index in [1.807, 2.05) is 43.3 Å². The second kappa shape index (κ2) is 10.5. The Labute approximate surface area is 225 Å². The predicted molar refractivity (Wildman–Crippen MR) is 143 cm³/mol. The van der Waals surface area contributed by atoms with E-state index in [1.54, 1.807) is 24.7 Å². The Morgan fingerprint density at radius 1 is 1.22 bits per heavy atom. The number of carbonyl (C=O) groups is 1. The molecule has 3 aromatic rings. The largest absolute Gasteiger partial charge is 0.496 e. The number of benzene rings is 2. The molecule has 8 nitrogen and oxygen atoms in total. The fourth-order valence-electron chi connectivity index (χ4n) is 4.44. The number of allylic oxidation sites excluding steroid dienone is 1. The van der Waals surface area contributed by atoms with E-state index in [9.17, 15) is 9.59 Å². The molecule has 5 rings (SSSR count). The molecule has 0 fully saturated rings. The number of esters is 1. The molecule has 0 N–H and O–H groups in total. The second-order valence-electron chi connectivity index (χ2n) is 8.42. The number of halogens is 1. The molecule has 0 aliphatic carbocycles. The molecule has 2 aromatic carbocycles. The van der Waals surface area contributed by atoms with Crippen molar-refractivity contribution < 1.29 is 23.7 Å². The third kappa shape index (κ3) is 4.71. The van der Waals surface area contributed by atoms with Crippen molar-refractivity contribution in [2.24, 2.45) is 4.99 Å². The molecule has 2 aliphatic rings. The van der Waals surface area contributed by atoms with Gasteiger partial charge < -0.3 is 18.9 Å². The summed E-state index contributed by atoms with van der Waals surface area (Å²) in [5.74, 6) is 1.48. The number of hydrogen-bond donors (Lipinski definition) is 0. The minimum absolute atomic E-state index is 0.176. The van der Waals surface area contributed by atoms with E-state index in [0.29, 0.717) is 48.7 Å². The topological polar surface area (TPSA) is 88.4 Å². The van der Waals surface area contributed by atoms with Crippen molar-refractivity contribution in [1.29, 1.82) is 0 Å². The number of rotatable bonds is 7. The van der Waals surface area contributed by atoms with Crippen LogP contribution in [-0.4, -0.2) is 31.0 Å². The van der Waals surface area contributed by atoms with E-state index >= 15 is 0 Å². The summed E-state index contributed by atoms with van der Waals surface area (Å²) in [6.45, 7) is 4.18. The van der Waals surface area contributed by atoms with Crippen LogP contribution in [-0.2, 0) is 9.53 Å². The van der Waals surface area contributed by atoms with E-state index < -0.39 is 12.0 Å². The normalized spacial score (nSPS) is 16.4. The molecule has 0 bridgehead atoms. The first-order valence-corrected chi connectivity index (χ1v) is 13.5. The Bertz CT molecular complexity index is 1590. The molecule has 37 heavy (non-hydrogen) atoms. The lowest BCUT2D eigenvalue weighted by molar-refractivity contribution is -0.139. The van der Waals surface area contributed by atoms with Gasteiger partial charge in [-0.1, -0.05) is 36.8 Å². The van der Waals surface area contributed by atoms with Gasteiger partial charge in [0.2, 0.25) is 6.79 Å². The molecular formula is C27H25BrN2O6S. The van der Waals surface area contributed by atoms with E-state index in [1.165, 1.54) is 11.3 Å². The lowest BCUT2D eigenvalue weighted by atomic mass is 9.94. The summed E-state index contributed by atoms with van der Waals surface area (Å²) in [7, 11) is 1.59. The van der Waals surface area contributed by atoms with Crippen LogP contribution in [0.15, 0.2) is 61.9 Å². The Balaban J connectivity index is 1.73. The molecule has 2 aliphatic heterocycles. The highest BCUT2D eigenvalue weighted by molar-refractivity contribution is 9.10. The Morgan fingerprint density at radius 2 is 2.03 bits per heavy atom. The first kappa shape index (κ1) is 25.3. The molecule has 0 saturated heterocycles. The van der Waals surface area contributed by atoms with E-state index in [-0.39, 0.29) is 19.0 Å². The van der Waals surface area contributed by atoms with Gasteiger partial charge in [-0.15, -0.1) is 0 Å². The summed E-state index contributed by atoms with van der Waals surface area (Å²) in [5.41, 5.74) is 2.32. The Kier molecular flexibility index (Phi) is 7.21. The summed E-state index contributed by atoms with van der Waals surface area (Å²) in [4.78, 5) is 32.5. The van der Waals surface area contributed by atoms with Gasteiger partial charge in [0.15, 0.2) is 16.3 Å². The smallest absolute Gasteiger partial charge is 0.338 e. The zero-order chi connectivity index (χ0) is 26.1. The quantitative estimate of drug-likeness (QED) is 0.389. The van der Waals surface area contributed by atoms with Gasteiger partial charge in [-0.25, -0.2) is 9.79 Å². The minimum atomic E-state index is -0.696. The maximum absolute atomic E-state index is 13.8. The lowest BCUT2D eigenvalue weighted by Crippen LogP contribution is -2.40. The summed E-state index contributed by atoms with van der Waals surface area (Å²) >= 11 is 4.84. The summed E-state index contributed by atoms with van der Waals surface area (Å²) in [5, 5.41) is 0. The van der Waals surface area contributed by atoms with Gasteiger partial charge in [-0.3, -0.25) is 9.36 Å². The maximum atomic E-state index is 13.8. The van der Waals surface area contributed by atoms with E-state index in [0.717, 1.165) is 17.5 Å². The highest BCUT2D eigenvalue weighted by Crippen LogP contribution is 2.36. The maximum Gasteiger partial charge on any atom is 0.338 e. The highest BCUT2D eigenvalue weighted by Gasteiger charge is 2.34. The number of ether oxygens (including phenoxy) is 4. The summed E-state index contributed by atoms with van der Waals surface area (Å²) in [6.07, 6.45) is 3.17. The molecule has 3 heterocycles. The Morgan fingerprint density at radius 3 is 2.76 bits per heavy atom. The number of carbonyl (C=O) groups excluding carboxylic acids is 1. The minimum Gasteiger partial charge on any atom is -0.496 e. The van der Waals surface area contributed by atoms with Crippen LogP contribution in [0.2, 0.25) is 0 Å². The molecule has 192 valence electrons. The molecule has 1 atom stereocenters. The van der Waals surface area contributed by atoms with Crippen LogP contribution < -0.4 is 29.1 Å². The van der Waals surface area contributed by atoms with Gasteiger partial charge in [-0.2, -0.15) is 0 Å². The third-order valence-corrected chi connectivity index (χ3v) is 7.68. The van der Waals surface area contributed by atoms with Gasteiger partial charge in [0, 0.05) is 0 Å². The molecule has 0 amide bonds. The van der Waals surface area contributed by atoms with Crippen LogP contribution >= 0.6 is 27.3 Å². The first-order valence-electron chi connectivity index (χ1n) is 11.9. The fraction of sp³-hybridized carbons (Fsp3) is 0.296. The fourth-order valence-corrected chi connectivity index (χ4v) is 6.02. The van der Waals surface area contributed by atoms with Gasteiger partial charge in [0.1, 0.15) is 5.75 Å². The molecule has 1 unspecified atom stereocenters. The molecule has 10 heteroatoms. The summed E-state index contributed by atoms with van der Waals surface area (Å²) in [6, 6.07) is 10.4. The Hall–Kier alpha value is -3.37. The average molecular weight is 585 g/mol. The number of thiazole rings is 1. The van der Waals surface area contributed by atoms with Crippen LogP contribution in [0, 0.1) is 0 Å². The number of hydrogen-bond acceptors (Lipinski definition) is 8. The first-order chi connectivity index (χ1) is 17.9. The zero-order valence-electron chi connectivity index (χ0n) is 20.6. The van der Waals surface area contributed by atoms with Crippen LogP contribution in [0.4, 0.5) is 0 Å². The average Bonchev–Trinajstić information content (AvgIpc) is 3.47.